The molecule has 1 unspecified atom stereocenters. The maximum Gasteiger partial charge on any atom is 0.312 e. The first-order valence-corrected chi connectivity index (χ1v) is 6.81. The maximum atomic E-state index is 13.2. The smallest absolute Gasteiger partial charge is 0.312 e. The van der Waals surface area contributed by atoms with Gasteiger partial charge in [-0.2, -0.15) is 0 Å². The first-order chi connectivity index (χ1) is 10.1. The van der Waals surface area contributed by atoms with Crippen molar-refractivity contribution in [3.8, 4) is 0 Å². The van der Waals surface area contributed by atoms with Crippen LogP contribution in [0, 0.1) is 11.6 Å². The number of nitrogens with one attached hydrogen (secondary N) is 1. The molecule has 3 rings (SSSR count). The molecule has 7 heteroatoms. The van der Waals surface area contributed by atoms with Gasteiger partial charge in [0.15, 0.2) is 11.6 Å². The molecule has 21 heavy (non-hydrogen) atoms. The van der Waals surface area contributed by atoms with Crippen LogP contribution in [-0.2, 0) is 16.1 Å². The van der Waals surface area contributed by atoms with E-state index in [1.807, 2.05) is 0 Å². The molecule has 2 saturated heterocycles. The van der Waals surface area contributed by atoms with E-state index in [0.29, 0.717) is 31.7 Å². The Morgan fingerprint density at radius 3 is 2.76 bits per heavy atom. The van der Waals surface area contributed by atoms with Crippen LogP contribution >= 0.6 is 0 Å². The lowest BCUT2D eigenvalue weighted by atomic mass is 10.1. The van der Waals surface area contributed by atoms with Gasteiger partial charge in [0.2, 0.25) is 0 Å². The van der Waals surface area contributed by atoms with Crippen molar-refractivity contribution in [3.63, 3.8) is 0 Å². The Morgan fingerprint density at radius 1 is 1.19 bits per heavy atom. The normalized spacial score (nSPS) is 22.5. The number of amides is 2. The molecule has 112 valence electrons. The molecule has 2 aliphatic heterocycles. The SMILES string of the molecule is O=C1C(=O)N2CCNCC2CN1Cc1ccc(F)c(F)c1. The second-order valence-electron chi connectivity index (χ2n) is 5.29. The Morgan fingerprint density at radius 2 is 2.00 bits per heavy atom. The van der Waals surface area contributed by atoms with E-state index in [1.165, 1.54) is 11.0 Å². The molecular weight excluding hydrogens is 280 g/mol. The third kappa shape index (κ3) is 2.61. The van der Waals surface area contributed by atoms with E-state index in [0.717, 1.165) is 12.1 Å². The minimum Gasteiger partial charge on any atom is -0.328 e. The Kier molecular flexibility index (Phi) is 3.59. The first kappa shape index (κ1) is 13.9. The molecule has 2 fully saturated rings. The highest BCUT2D eigenvalue weighted by Crippen LogP contribution is 2.17. The summed E-state index contributed by atoms with van der Waals surface area (Å²) < 4.78 is 26.1. The van der Waals surface area contributed by atoms with E-state index in [1.54, 1.807) is 4.90 Å². The van der Waals surface area contributed by atoms with Gasteiger partial charge in [-0.3, -0.25) is 9.59 Å². The Balaban J connectivity index is 1.77. The fourth-order valence-corrected chi connectivity index (χ4v) is 2.78. The van der Waals surface area contributed by atoms with Crippen molar-refractivity contribution in [1.82, 2.24) is 15.1 Å². The Bertz CT molecular complexity index is 594. The van der Waals surface area contributed by atoms with E-state index < -0.39 is 23.4 Å². The van der Waals surface area contributed by atoms with Gasteiger partial charge in [0.05, 0.1) is 6.04 Å². The molecule has 0 radical (unpaired) electrons. The number of piperazine rings is 2. The van der Waals surface area contributed by atoms with E-state index in [-0.39, 0.29) is 12.6 Å². The van der Waals surface area contributed by atoms with Crippen molar-refractivity contribution < 1.29 is 18.4 Å². The third-order valence-corrected chi connectivity index (χ3v) is 3.87. The molecule has 1 aromatic rings. The fraction of sp³-hybridized carbons (Fsp3) is 0.429. The number of nitrogens with zero attached hydrogens (tertiary/aromatic N) is 2. The van der Waals surface area contributed by atoms with Crippen LogP contribution in [0.25, 0.3) is 0 Å². The van der Waals surface area contributed by atoms with Crippen LogP contribution in [0.2, 0.25) is 0 Å². The van der Waals surface area contributed by atoms with Crippen molar-refractivity contribution in [2.24, 2.45) is 0 Å². The molecule has 1 aromatic carbocycles. The van der Waals surface area contributed by atoms with Gasteiger partial charge < -0.3 is 15.1 Å². The van der Waals surface area contributed by atoms with Crippen LogP contribution in [0.5, 0.6) is 0 Å². The first-order valence-electron chi connectivity index (χ1n) is 6.81. The van der Waals surface area contributed by atoms with Crippen LogP contribution < -0.4 is 5.32 Å². The number of rotatable bonds is 2. The lowest BCUT2D eigenvalue weighted by Crippen LogP contribution is -2.65. The fourth-order valence-electron chi connectivity index (χ4n) is 2.78. The third-order valence-electron chi connectivity index (χ3n) is 3.87. The van der Waals surface area contributed by atoms with Gasteiger partial charge in [0.1, 0.15) is 0 Å². The number of carbonyl (C=O) groups is 2. The number of hydrogen-bond acceptors (Lipinski definition) is 3. The second-order valence-corrected chi connectivity index (χ2v) is 5.29. The number of benzene rings is 1. The molecular formula is C14H15F2N3O2. The largest absolute Gasteiger partial charge is 0.328 e. The van der Waals surface area contributed by atoms with Crippen molar-refractivity contribution in [2.45, 2.75) is 12.6 Å². The summed E-state index contributed by atoms with van der Waals surface area (Å²) in [4.78, 5) is 27.1. The molecule has 2 heterocycles. The topological polar surface area (TPSA) is 52.7 Å². The molecule has 1 atom stereocenters. The molecule has 0 aromatic heterocycles. The standard InChI is InChI=1S/C14H15F2N3O2/c15-11-2-1-9(5-12(11)16)7-18-8-10-6-17-3-4-19(10)14(21)13(18)20/h1-2,5,10,17H,3-4,6-8H2. The minimum absolute atomic E-state index is 0.0609. The summed E-state index contributed by atoms with van der Waals surface area (Å²) in [5, 5.41) is 3.18. The summed E-state index contributed by atoms with van der Waals surface area (Å²) in [5.74, 6) is -2.99. The van der Waals surface area contributed by atoms with Crippen molar-refractivity contribution in [3.05, 3.63) is 35.4 Å². The van der Waals surface area contributed by atoms with Crippen LogP contribution in [0.1, 0.15) is 5.56 Å². The zero-order valence-electron chi connectivity index (χ0n) is 11.3. The summed E-state index contributed by atoms with van der Waals surface area (Å²) >= 11 is 0. The van der Waals surface area contributed by atoms with Crippen molar-refractivity contribution in [1.29, 1.82) is 0 Å². The van der Waals surface area contributed by atoms with Gasteiger partial charge in [-0.25, -0.2) is 8.78 Å². The molecule has 5 nitrogen and oxygen atoms in total. The molecule has 0 aliphatic carbocycles. The summed E-state index contributed by atoms with van der Waals surface area (Å²) in [5.41, 5.74) is 0.465. The Labute approximate surface area is 120 Å². The summed E-state index contributed by atoms with van der Waals surface area (Å²) in [6.45, 7) is 2.34. The zero-order valence-corrected chi connectivity index (χ0v) is 11.3. The molecule has 2 aliphatic rings. The van der Waals surface area contributed by atoms with Gasteiger partial charge in [-0.1, -0.05) is 6.07 Å². The molecule has 0 saturated carbocycles. The van der Waals surface area contributed by atoms with Gasteiger partial charge in [-0.05, 0) is 17.7 Å². The highest BCUT2D eigenvalue weighted by molar-refractivity contribution is 6.35. The zero-order chi connectivity index (χ0) is 15.0. The maximum absolute atomic E-state index is 13.2. The number of hydrogen-bond donors (Lipinski definition) is 1. The van der Waals surface area contributed by atoms with E-state index in [4.69, 9.17) is 0 Å². The van der Waals surface area contributed by atoms with Crippen molar-refractivity contribution in [2.75, 3.05) is 26.2 Å². The van der Waals surface area contributed by atoms with E-state index in [9.17, 15) is 18.4 Å². The Hall–Kier alpha value is -2.02. The van der Waals surface area contributed by atoms with Gasteiger partial charge >= 0.3 is 11.8 Å². The predicted molar refractivity (Wildman–Crippen MR) is 70.1 cm³/mol. The number of carbonyl (C=O) groups excluding carboxylic acids is 2. The lowest BCUT2D eigenvalue weighted by molar-refractivity contribution is -0.160. The van der Waals surface area contributed by atoms with Gasteiger partial charge in [-0.15, -0.1) is 0 Å². The number of halogens is 2. The quantitative estimate of drug-likeness (QED) is 0.788. The predicted octanol–water partition coefficient (Wildman–Crippen LogP) is 0.107. The van der Waals surface area contributed by atoms with Crippen LogP contribution in [0.3, 0.4) is 0 Å². The van der Waals surface area contributed by atoms with E-state index >= 15 is 0 Å². The highest BCUT2D eigenvalue weighted by atomic mass is 19.2. The lowest BCUT2D eigenvalue weighted by Gasteiger charge is -2.43. The average molecular weight is 295 g/mol. The summed E-state index contributed by atoms with van der Waals surface area (Å²) in [7, 11) is 0. The average Bonchev–Trinajstić information content (AvgIpc) is 2.48. The van der Waals surface area contributed by atoms with E-state index in [2.05, 4.69) is 5.32 Å². The molecule has 2 amide bonds. The summed E-state index contributed by atoms with van der Waals surface area (Å²) in [6.07, 6.45) is 0. The van der Waals surface area contributed by atoms with Crippen molar-refractivity contribution >= 4 is 11.8 Å². The molecule has 1 N–H and O–H groups in total. The van der Waals surface area contributed by atoms with Gasteiger partial charge in [0, 0.05) is 32.7 Å². The van der Waals surface area contributed by atoms with Crippen LogP contribution in [0.4, 0.5) is 8.78 Å². The second kappa shape index (κ2) is 5.40. The highest BCUT2D eigenvalue weighted by Gasteiger charge is 2.39. The van der Waals surface area contributed by atoms with Crippen LogP contribution in [0.15, 0.2) is 18.2 Å². The molecule has 0 spiro atoms. The molecule has 0 bridgehead atoms. The summed E-state index contributed by atoms with van der Waals surface area (Å²) in [6, 6.07) is 3.43. The monoisotopic (exact) mass is 295 g/mol. The number of fused-ring (bicyclic) bond motifs is 1. The van der Waals surface area contributed by atoms with Crippen LogP contribution in [-0.4, -0.2) is 53.8 Å². The van der Waals surface area contributed by atoms with Gasteiger partial charge in [0.25, 0.3) is 0 Å². The minimum atomic E-state index is -0.954.